The Labute approximate surface area is 120 Å². The van der Waals surface area contributed by atoms with E-state index in [0.29, 0.717) is 11.7 Å². The maximum atomic E-state index is 12.0. The highest BCUT2D eigenvalue weighted by Gasteiger charge is 2.33. The quantitative estimate of drug-likeness (QED) is 0.885. The van der Waals surface area contributed by atoms with E-state index < -0.39 is 9.84 Å². The summed E-state index contributed by atoms with van der Waals surface area (Å²) >= 11 is 0. The number of nitrogens with zero attached hydrogens (tertiary/aromatic N) is 2. The molecular formula is C13H24N4O2S. The van der Waals surface area contributed by atoms with Gasteiger partial charge in [0.05, 0.1) is 5.54 Å². The maximum Gasteiger partial charge on any atom is 0.182 e. The lowest BCUT2D eigenvalue weighted by atomic mass is 10.1. The molecule has 1 aromatic heterocycles. The molecule has 0 saturated heterocycles. The maximum absolute atomic E-state index is 12.0. The Morgan fingerprint density at radius 3 is 2.35 bits per heavy atom. The SMILES string of the molecule is CC(Nc1nn(C(C)(C)C)c(N)c1S(C)(=O)=O)C1CC1. The van der Waals surface area contributed by atoms with Gasteiger partial charge >= 0.3 is 0 Å². The number of sulfone groups is 1. The Morgan fingerprint density at radius 1 is 1.40 bits per heavy atom. The fourth-order valence-electron chi connectivity index (χ4n) is 2.32. The monoisotopic (exact) mass is 300 g/mol. The smallest absolute Gasteiger partial charge is 0.182 e. The fraction of sp³-hybridized carbons (Fsp3) is 0.769. The zero-order valence-electron chi connectivity index (χ0n) is 12.8. The Hall–Kier alpha value is -1.24. The normalized spacial score (nSPS) is 18.1. The highest BCUT2D eigenvalue weighted by Crippen LogP contribution is 2.36. The number of anilines is 2. The van der Waals surface area contributed by atoms with Gasteiger partial charge in [-0.25, -0.2) is 13.1 Å². The summed E-state index contributed by atoms with van der Waals surface area (Å²) < 4.78 is 25.6. The molecule has 1 aliphatic carbocycles. The average molecular weight is 300 g/mol. The first-order valence-electron chi connectivity index (χ1n) is 6.87. The van der Waals surface area contributed by atoms with Crippen molar-refractivity contribution in [1.29, 1.82) is 0 Å². The molecule has 0 radical (unpaired) electrons. The molecule has 0 aliphatic heterocycles. The van der Waals surface area contributed by atoms with Gasteiger partial charge in [0.15, 0.2) is 20.6 Å². The van der Waals surface area contributed by atoms with Crippen molar-refractivity contribution in [1.82, 2.24) is 9.78 Å². The van der Waals surface area contributed by atoms with Crippen molar-refractivity contribution in [3.63, 3.8) is 0 Å². The molecule has 0 amide bonds. The van der Waals surface area contributed by atoms with Crippen LogP contribution in [0.15, 0.2) is 4.90 Å². The van der Waals surface area contributed by atoms with Crippen molar-refractivity contribution >= 4 is 21.5 Å². The molecule has 1 fully saturated rings. The van der Waals surface area contributed by atoms with Crippen LogP contribution in [0.25, 0.3) is 0 Å². The highest BCUT2D eigenvalue weighted by molar-refractivity contribution is 7.91. The number of hydrogen-bond donors (Lipinski definition) is 2. The average Bonchev–Trinajstić information content (AvgIpc) is 3.00. The number of hydrogen-bond acceptors (Lipinski definition) is 5. The molecule has 1 heterocycles. The van der Waals surface area contributed by atoms with Gasteiger partial charge in [0.2, 0.25) is 0 Å². The van der Waals surface area contributed by atoms with Crippen molar-refractivity contribution in [3.05, 3.63) is 0 Å². The zero-order chi connectivity index (χ0) is 15.3. The van der Waals surface area contributed by atoms with E-state index in [9.17, 15) is 8.42 Å². The minimum atomic E-state index is -3.43. The Bertz CT molecular complexity index is 609. The van der Waals surface area contributed by atoms with Gasteiger partial charge in [-0.2, -0.15) is 5.10 Å². The lowest BCUT2D eigenvalue weighted by molar-refractivity contribution is 0.362. The number of nitrogens with one attached hydrogen (secondary N) is 1. The summed E-state index contributed by atoms with van der Waals surface area (Å²) in [5.74, 6) is 1.17. The van der Waals surface area contributed by atoms with Crippen molar-refractivity contribution in [2.45, 2.75) is 57.0 Å². The summed E-state index contributed by atoms with van der Waals surface area (Å²) in [5, 5.41) is 7.62. The van der Waals surface area contributed by atoms with Crippen LogP contribution in [0.5, 0.6) is 0 Å². The summed E-state index contributed by atoms with van der Waals surface area (Å²) in [6.45, 7) is 7.87. The third-order valence-corrected chi connectivity index (χ3v) is 4.72. The van der Waals surface area contributed by atoms with Gasteiger partial charge in [0.1, 0.15) is 5.82 Å². The van der Waals surface area contributed by atoms with Gasteiger partial charge in [0.25, 0.3) is 0 Å². The minimum absolute atomic E-state index is 0.111. The third-order valence-electron chi connectivity index (χ3n) is 3.58. The van der Waals surface area contributed by atoms with Gasteiger partial charge in [-0.05, 0) is 46.5 Å². The van der Waals surface area contributed by atoms with Crippen LogP contribution >= 0.6 is 0 Å². The van der Waals surface area contributed by atoms with E-state index >= 15 is 0 Å². The van der Waals surface area contributed by atoms with Crippen LogP contribution in [0, 0.1) is 5.92 Å². The Kier molecular flexibility index (Phi) is 3.52. The molecule has 20 heavy (non-hydrogen) atoms. The number of nitrogens with two attached hydrogens (primary N) is 1. The van der Waals surface area contributed by atoms with E-state index in [0.717, 1.165) is 0 Å². The van der Waals surface area contributed by atoms with Crippen LogP contribution in [0.3, 0.4) is 0 Å². The summed E-state index contributed by atoms with van der Waals surface area (Å²) in [4.78, 5) is 0.111. The standard InChI is InChI=1S/C13H24N4O2S/c1-8(9-6-7-9)15-12-10(20(5,18)19)11(14)17(16-12)13(2,3)4/h8-9H,6-7,14H2,1-5H3,(H,15,16). The second-order valence-corrected chi connectivity index (χ2v) is 8.64. The van der Waals surface area contributed by atoms with Crippen molar-refractivity contribution < 1.29 is 8.42 Å². The predicted octanol–water partition coefficient (Wildman–Crippen LogP) is 1.83. The van der Waals surface area contributed by atoms with Crippen LogP contribution in [-0.4, -0.2) is 30.5 Å². The topological polar surface area (TPSA) is 90.0 Å². The van der Waals surface area contributed by atoms with Gasteiger partial charge in [0, 0.05) is 12.3 Å². The van der Waals surface area contributed by atoms with Gasteiger partial charge in [-0.1, -0.05) is 0 Å². The first kappa shape index (κ1) is 15.2. The first-order chi connectivity index (χ1) is 9.01. The number of nitrogen functional groups attached to an aromatic ring is 1. The first-order valence-corrected chi connectivity index (χ1v) is 8.76. The molecule has 2 rings (SSSR count). The second-order valence-electron chi connectivity index (χ2n) is 6.69. The van der Waals surface area contributed by atoms with E-state index in [4.69, 9.17) is 5.73 Å². The van der Waals surface area contributed by atoms with Crippen LogP contribution < -0.4 is 11.1 Å². The van der Waals surface area contributed by atoms with Crippen LogP contribution in [0.4, 0.5) is 11.6 Å². The third kappa shape index (κ3) is 2.92. The molecule has 7 heteroatoms. The van der Waals surface area contributed by atoms with Gasteiger partial charge in [-0.15, -0.1) is 0 Å². The number of aromatic nitrogens is 2. The van der Waals surface area contributed by atoms with Crippen molar-refractivity contribution in [2.75, 3.05) is 17.3 Å². The van der Waals surface area contributed by atoms with Crippen molar-refractivity contribution in [2.24, 2.45) is 5.92 Å². The second kappa shape index (κ2) is 4.65. The van der Waals surface area contributed by atoms with Crippen LogP contribution in [0.2, 0.25) is 0 Å². The predicted molar refractivity (Wildman–Crippen MR) is 80.6 cm³/mol. The van der Waals surface area contributed by atoms with E-state index in [-0.39, 0.29) is 22.3 Å². The minimum Gasteiger partial charge on any atom is -0.383 e. The molecule has 1 aromatic rings. The molecule has 1 unspecified atom stereocenters. The fourth-order valence-corrected chi connectivity index (χ4v) is 3.24. The van der Waals surface area contributed by atoms with Crippen molar-refractivity contribution in [3.8, 4) is 0 Å². The molecule has 114 valence electrons. The van der Waals surface area contributed by atoms with E-state index in [2.05, 4.69) is 17.3 Å². The van der Waals surface area contributed by atoms with E-state index in [1.807, 2.05) is 20.8 Å². The van der Waals surface area contributed by atoms with E-state index in [1.165, 1.54) is 19.1 Å². The van der Waals surface area contributed by atoms with E-state index in [1.54, 1.807) is 4.68 Å². The number of rotatable bonds is 4. The Morgan fingerprint density at radius 2 is 1.95 bits per heavy atom. The summed E-state index contributed by atoms with van der Waals surface area (Å²) in [7, 11) is -3.43. The molecule has 0 bridgehead atoms. The highest BCUT2D eigenvalue weighted by atomic mass is 32.2. The molecule has 6 nitrogen and oxygen atoms in total. The van der Waals surface area contributed by atoms with Gasteiger partial charge in [-0.3, -0.25) is 0 Å². The molecule has 0 aromatic carbocycles. The largest absolute Gasteiger partial charge is 0.383 e. The molecular weight excluding hydrogens is 276 g/mol. The zero-order valence-corrected chi connectivity index (χ0v) is 13.6. The molecule has 1 saturated carbocycles. The molecule has 1 atom stereocenters. The van der Waals surface area contributed by atoms with Crippen LogP contribution in [-0.2, 0) is 15.4 Å². The summed E-state index contributed by atoms with van der Waals surface area (Å²) in [6, 6.07) is 0.207. The van der Waals surface area contributed by atoms with Crippen LogP contribution in [0.1, 0.15) is 40.5 Å². The summed E-state index contributed by atoms with van der Waals surface area (Å²) in [5.41, 5.74) is 5.66. The molecule has 3 N–H and O–H groups in total. The lowest BCUT2D eigenvalue weighted by Crippen LogP contribution is -2.25. The molecule has 1 aliphatic rings. The Balaban J connectivity index is 2.48. The molecule has 0 spiro atoms. The summed E-state index contributed by atoms with van der Waals surface area (Å²) in [6.07, 6.45) is 3.52. The lowest BCUT2D eigenvalue weighted by Gasteiger charge is -2.20. The van der Waals surface area contributed by atoms with Gasteiger partial charge < -0.3 is 11.1 Å².